The van der Waals surface area contributed by atoms with Crippen molar-refractivity contribution in [3.63, 3.8) is 0 Å². The van der Waals surface area contributed by atoms with Gasteiger partial charge in [-0.2, -0.15) is 0 Å². The lowest BCUT2D eigenvalue weighted by molar-refractivity contribution is 0.281. The molecule has 1 atom stereocenters. The second kappa shape index (κ2) is 2.52. The average Bonchev–Trinajstić information content (AvgIpc) is 1.87. The van der Waals surface area contributed by atoms with E-state index in [0.717, 1.165) is 10.4 Å². The summed E-state index contributed by atoms with van der Waals surface area (Å²) in [7, 11) is 0. The van der Waals surface area contributed by atoms with E-state index >= 15 is 0 Å². The summed E-state index contributed by atoms with van der Waals surface area (Å²) in [5.74, 6) is 0. The van der Waals surface area contributed by atoms with Gasteiger partial charge in [0, 0.05) is 0 Å². The van der Waals surface area contributed by atoms with Crippen molar-refractivity contribution in [3.05, 3.63) is 9.84 Å². The van der Waals surface area contributed by atoms with Crippen molar-refractivity contribution >= 4 is 45.2 Å². The van der Waals surface area contributed by atoms with Gasteiger partial charge in [-0.3, -0.25) is 0 Å². The first-order valence-corrected chi connectivity index (χ1v) is 4.25. The summed E-state index contributed by atoms with van der Waals surface area (Å²) in [5, 5.41) is 0. The molecular formula is C4H4I2O. The predicted molar refractivity (Wildman–Crippen MR) is 45.9 cm³/mol. The molecule has 7 heavy (non-hydrogen) atoms. The van der Waals surface area contributed by atoms with E-state index < -0.39 is 0 Å². The Morgan fingerprint density at radius 3 is 2.71 bits per heavy atom. The summed E-state index contributed by atoms with van der Waals surface area (Å²) in [4.78, 5) is 0. The molecule has 0 bridgehead atoms. The number of hydrogen-bond donors (Lipinski definition) is 0. The highest BCUT2D eigenvalue weighted by atomic mass is 127. The van der Waals surface area contributed by atoms with Crippen molar-refractivity contribution in [1.29, 1.82) is 0 Å². The largest absolute Gasteiger partial charge is 0.487 e. The Morgan fingerprint density at radius 1 is 1.86 bits per heavy atom. The van der Waals surface area contributed by atoms with Crippen LogP contribution in [-0.2, 0) is 4.74 Å². The van der Waals surface area contributed by atoms with E-state index in [1.165, 1.54) is 0 Å². The summed E-state index contributed by atoms with van der Waals surface area (Å²) >= 11 is 4.52. The highest BCUT2D eigenvalue weighted by Gasteiger charge is 2.09. The maximum Gasteiger partial charge on any atom is 0.153 e. The molecule has 40 valence electrons. The molecule has 0 aromatic rings. The van der Waals surface area contributed by atoms with Crippen LogP contribution in [0.4, 0.5) is 0 Å². The Balaban J connectivity index is 2.50. The fraction of sp³-hybridized carbons (Fsp3) is 0.500. The Morgan fingerprint density at radius 2 is 2.57 bits per heavy atom. The van der Waals surface area contributed by atoms with Gasteiger partial charge in [0.1, 0.15) is 6.61 Å². The molecule has 0 saturated heterocycles. The van der Waals surface area contributed by atoms with Crippen molar-refractivity contribution in [1.82, 2.24) is 0 Å². The number of ether oxygens (including phenoxy) is 1. The zero-order valence-corrected chi connectivity index (χ0v) is 7.84. The van der Waals surface area contributed by atoms with Gasteiger partial charge in [0.2, 0.25) is 0 Å². The van der Waals surface area contributed by atoms with Crippen molar-refractivity contribution in [3.8, 4) is 0 Å². The second-order valence-electron chi connectivity index (χ2n) is 1.30. The topological polar surface area (TPSA) is 9.23 Å². The van der Waals surface area contributed by atoms with Gasteiger partial charge in [0.15, 0.2) is 3.77 Å². The molecular weight excluding hydrogens is 318 g/mol. The molecule has 0 N–H and O–H groups in total. The molecule has 1 rings (SSSR count). The molecule has 1 heterocycles. The van der Waals surface area contributed by atoms with Crippen LogP contribution in [0.2, 0.25) is 0 Å². The number of rotatable bonds is 0. The van der Waals surface area contributed by atoms with Crippen LogP contribution < -0.4 is 0 Å². The molecule has 0 aromatic heterocycles. The molecule has 1 aliphatic heterocycles. The van der Waals surface area contributed by atoms with Crippen LogP contribution in [-0.4, -0.2) is 10.5 Å². The predicted octanol–water partition coefficient (Wildman–Crippen LogP) is 2.10. The quantitative estimate of drug-likeness (QED) is 0.490. The Bertz CT molecular complexity index is 99.9. The molecule has 0 aromatic carbocycles. The van der Waals surface area contributed by atoms with Gasteiger partial charge < -0.3 is 4.74 Å². The normalized spacial score (nSPS) is 29.4. The maximum absolute atomic E-state index is 5.11. The minimum Gasteiger partial charge on any atom is -0.487 e. The third-order valence-corrected chi connectivity index (χ3v) is 2.08. The number of hydrogen-bond acceptors (Lipinski definition) is 1. The number of halogens is 2. The smallest absolute Gasteiger partial charge is 0.153 e. The van der Waals surface area contributed by atoms with E-state index in [0.29, 0.717) is 3.92 Å². The van der Waals surface area contributed by atoms with Crippen LogP contribution in [0.15, 0.2) is 9.84 Å². The van der Waals surface area contributed by atoms with E-state index in [1.807, 2.05) is 0 Å². The Labute approximate surface area is 69.8 Å². The van der Waals surface area contributed by atoms with Crippen LogP contribution in [0.1, 0.15) is 0 Å². The van der Waals surface area contributed by atoms with Gasteiger partial charge in [0.25, 0.3) is 0 Å². The molecule has 0 saturated carbocycles. The lowest BCUT2D eigenvalue weighted by atomic mass is 10.5. The first-order chi connectivity index (χ1) is 3.29. The van der Waals surface area contributed by atoms with Gasteiger partial charge in [-0.25, -0.2) is 0 Å². The fourth-order valence-corrected chi connectivity index (χ4v) is 2.21. The number of alkyl halides is 1. The molecule has 1 unspecified atom stereocenters. The summed E-state index contributed by atoms with van der Waals surface area (Å²) in [6.45, 7) is 0.860. The standard InChI is InChI=1S/C4H4I2O/c5-3-1-4(6)7-2-3/h1,3H,2H2. The first kappa shape index (κ1) is 6.12. The monoisotopic (exact) mass is 322 g/mol. The van der Waals surface area contributed by atoms with E-state index in [9.17, 15) is 0 Å². The summed E-state index contributed by atoms with van der Waals surface area (Å²) in [5.41, 5.74) is 0. The van der Waals surface area contributed by atoms with E-state index in [4.69, 9.17) is 4.74 Å². The van der Waals surface area contributed by atoms with Crippen molar-refractivity contribution in [2.24, 2.45) is 0 Å². The van der Waals surface area contributed by atoms with Crippen LogP contribution >= 0.6 is 45.2 Å². The van der Waals surface area contributed by atoms with Crippen LogP contribution in [0.25, 0.3) is 0 Å². The van der Waals surface area contributed by atoms with Gasteiger partial charge >= 0.3 is 0 Å². The molecule has 0 aliphatic carbocycles. The zero-order chi connectivity index (χ0) is 5.28. The minimum absolute atomic E-state index is 0.601. The van der Waals surface area contributed by atoms with Crippen LogP contribution in [0, 0.1) is 0 Å². The summed E-state index contributed by atoms with van der Waals surface area (Å²) in [6, 6.07) is 0. The lowest BCUT2D eigenvalue weighted by Crippen LogP contribution is -1.92. The molecule has 0 spiro atoms. The summed E-state index contributed by atoms with van der Waals surface area (Å²) in [6.07, 6.45) is 2.11. The van der Waals surface area contributed by atoms with Crippen LogP contribution in [0.5, 0.6) is 0 Å². The Kier molecular flexibility index (Phi) is 2.21. The van der Waals surface area contributed by atoms with E-state index in [1.54, 1.807) is 0 Å². The molecule has 1 aliphatic rings. The maximum atomic E-state index is 5.11. The van der Waals surface area contributed by atoms with Gasteiger partial charge in [-0.05, 0) is 28.7 Å². The van der Waals surface area contributed by atoms with Crippen molar-refractivity contribution in [2.75, 3.05) is 6.61 Å². The highest BCUT2D eigenvalue weighted by molar-refractivity contribution is 14.1. The minimum atomic E-state index is 0.601. The molecule has 0 amide bonds. The highest BCUT2D eigenvalue weighted by Crippen LogP contribution is 2.20. The molecule has 0 radical (unpaired) electrons. The summed E-state index contributed by atoms with van der Waals surface area (Å²) < 4.78 is 6.75. The zero-order valence-electron chi connectivity index (χ0n) is 3.53. The first-order valence-electron chi connectivity index (χ1n) is 1.93. The van der Waals surface area contributed by atoms with Gasteiger partial charge in [-0.15, -0.1) is 0 Å². The van der Waals surface area contributed by atoms with Gasteiger partial charge in [0.05, 0.1) is 3.92 Å². The van der Waals surface area contributed by atoms with E-state index in [2.05, 4.69) is 51.3 Å². The Hall–Kier alpha value is 1.00. The second-order valence-corrected chi connectivity index (χ2v) is 3.96. The van der Waals surface area contributed by atoms with Crippen LogP contribution in [0.3, 0.4) is 0 Å². The average molecular weight is 322 g/mol. The third kappa shape index (κ3) is 1.75. The lowest BCUT2D eigenvalue weighted by Gasteiger charge is -1.91. The van der Waals surface area contributed by atoms with Crippen molar-refractivity contribution in [2.45, 2.75) is 3.92 Å². The van der Waals surface area contributed by atoms with E-state index in [-0.39, 0.29) is 0 Å². The van der Waals surface area contributed by atoms with Crippen molar-refractivity contribution < 1.29 is 4.74 Å². The molecule has 3 heteroatoms. The SMILES string of the molecule is IC1=CC(I)CO1. The molecule has 0 fully saturated rings. The van der Waals surface area contributed by atoms with Gasteiger partial charge in [-0.1, -0.05) is 22.6 Å². The fourth-order valence-electron chi connectivity index (χ4n) is 0.398. The third-order valence-electron chi connectivity index (χ3n) is 0.692. The molecule has 1 nitrogen and oxygen atoms in total.